The first kappa shape index (κ1) is 16.0. The SMILES string of the molecule is Cc1ccccc1C(=COCCBr)C1(C)C=C(F)C=CC1. The highest BCUT2D eigenvalue weighted by Crippen LogP contribution is 2.43. The van der Waals surface area contributed by atoms with E-state index in [0.29, 0.717) is 6.61 Å². The lowest BCUT2D eigenvalue weighted by Gasteiger charge is -2.31. The quantitative estimate of drug-likeness (QED) is 0.383. The number of aryl methyl sites for hydroxylation is 1. The molecule has 0 fully saturated rings. The van der Waals surface area contributed by atoms with Gasteiger partial charge in [-0.05, 0) is 36.6 Å². The van der Waals surface area contributed by atoms with Crippen LogP contribution in [0.3, 0.4) is 0 Å². The third kappa shape index (κ3) is 3.85. The van der Waals surface area contributed by atoms with Crippen LogP contribution in [0.4, 0.5) is 4.39 Å². The van der Waals surface area contributed by atoms with Gasteiger partial charge in [0, 0.05) is 16.3 Å². The van der Waals surface area contributed by atoms with Crippen LogP contribution in [0.1, 0.15) is 24.5 Å². The summed E-state index contributed by atoms with van der Waals surface area (Å²) in [5, 5.41) is 0.769. The third-order valence-corrected chi connectivity index (χ3v) is 4.05. The molecule has 1 atom stereocenters. The van der Waals surface area contributed by atoms with Crippen LogP contribution in [-0.2, 0) is 4.74 Å². The molecular formula is C18H20BrFO. The molecule has 1 aliphatic rings. The number of rotatable bonds is 5. The van der Waals surface area contributed by atoms with Gasteiger partial charge in [-0.3, -0.25) is 0 Å². The molecule has 2 rings (SSSR count). The van der Waals surface area contributed by atoms with Gasteiger partial charge in [0.2, 0.25) is 0 Å². The molecule has 21 heavy (non-hydrogen) atoms. The Bertz CT molecular complexity index is 589. The molecule has 0 aliphatic heterocycles. The van der Waals surface area contributed by atoms with Gasteiger partial charge in [-0.15, -0.1) is 0 Å². The summed E-state index contributed by atoms with van der Waals surface area (Å²) in [7, 11) is 0. The molecule has 0 radical (unpaired) electrons. The molecule has 0 amide bonds. The molecule has 0 aromatic heterocycles. The van der Waals surface area contributed by atoms with E-state index in [-0.39, 0.29) is 5.83 Å². The van der Waals surface area contributed by atoms with Crippen LogP contribution in [0.5, 0.6) is 0 Å². The first-order valence-corrected chi connectivity index (χ1v) is 8.18. The summed E-state index contributed by atoms with van der Waals surface area (Å²) < 4.78 is 19.4. The number of hydrogen-bond donors (Lipinski definition) is 0. The van der Waals surface area contributed by atoms with E-state index in [1.807, 2.05) is 25.1 Å². The fraction of sp³-hybridized carbons (Fsp3) is 0.333. The molecule has 0 saturated heterocycles. The molecule has 0 saturated carbocycles. The van der Waals surface area contributed by atoms with E-state index in [4.69, 9.17) is 4.74 Å². The standard InChI is InChI=1S/C18H20BrFO/c1-14-6-3-4-8-16(14)17(13-21-11-10-19)18(2)9-5-7-15(20)12-18/h3-8,12-13H,9-11H2,1-2H3. The van der Waals surface area contributed by atoms with Gasteiger partial charge < -0.3 is 4.74 Å². The summed E-state index contributed by atoms with van der Waals surface area (Å²) >= 11 is 3.35. The number of allylic oxidation sites excluding steroid dienone is 5. The molecule has 112 valence electrons. The zero-order chi connectivity index (χ0) is 15.3. The summed E-state index contributed by atoms with van der Waals surface area (Å²) in [5.74, 6) is -0.191. The smallest absolute Gasteiger partial charge is 0.119 e. The number of ether oxygens (including phenoxy) is 1. The van der Waals surface area contributed by atoms with Crippen molar-refractivity contribution in [2.45, 2.75) is 20.3 Å². The normalized spacial score (nSPS) is 22.1. The van der Waals surface area contributed by atoms with Crippen LogP contribution in [0.25, 0.3) is 5.57 Å². The number of alkyl halides is 1. The van der Waals surface area contributed by atoms with E-state index in [0.717, 1.165) is 28.5 Å². The van der Waals surface area contributed by atoms with E-state index < -0.39 is 5.41 Å². The molecule has 0 N–H and O–H groups in total. The molecule has 0 heterocycles. The number of halogens is 2. The predicted octanol–water partition coefficient (Wildman–Crippen LogP) is 5.57. The van der Waals surface area contributed by atoms with Gasteiger partial charge in [-0.2, -0.15) is 0 Å². The van der Waals surface area contributed by atoms with E-state index in [9.17, 15) is 4.39 Å². The Hall–Kier alpha value is -1.35. The molecule has 1 aliphatic carbocycles. The molecule has 1 aromatic rings. The molecular weight excluding hydrogens is 331 g/mol. The Morgan fingerprint density at radius 2 is 2.19 bits per heavy atom. The topological polar surface area (TPSA) is 9.23 Å². The zero-order valence-electron chi connectivity index (χ0n) is 12.4. The number of benzene rings is 1. The van der Waals surface area contributed by atoms with E-state index in [1.165, 1.54) is 6.08 Å². The van der Waals surface area contributed by atoms with Crippen LogP contribution in [0, 0.1) is 12.3 Å². The van der Waals surface area contributed by atoms with Gasteiger partial charge in [0.25, 0.3) is 0 Å². The summed E-state index contributed by atoms with van der Waals surface area (Å²) in [6, 6.07) is 8.14. The third-order valence-electron chi connectivity index (χ3n) is 3.72. The number of hydrogen-bond acceptors (Lipinski definition) is 1. The fourth-order valence-electron chi connectivity index (χ4n) is 2.58. The Balaban J connectivity index is 2.45. The summed E-state index contributed by atoms with van der Waals surface area (Å²) in [6.07, 6.45) is 7.63. The van der Waals surface area contributed by atoms with E-state index >= 15 is 0 Å². The van der Waals surface area contributed by atoms with Gasteiger partial charge in [0.1, 0.15) is 5.83 Å². The highest BCUT2D eigenvalue weighted by molar-refractivity contribution is 9.09. The maximum atomic E-state index is 13.7. The van der Waals surface area contributed by atoms with Crippen molar-refractivity contribution in [2.24, 2.45) is 5.41 Å². The Kier molecular flexibility index (Phi) is 5.40. The molecule has 0 bridgehead atoms. The van der Waals surface area contributed by atoms with Crippen molar-refractivity contribution in [2.75, 3.05) is 11.9 Å². The van der Waals surface area contributed by atoms with Gasteiger partial charge >= 0.3 is 0 Å². The maximum Gasteiger partial charge on any atom is 0.119 e. The molecule has 1 nitrogen and oxygen atoms in total. The van der Waals surface area contributed by atoms with Gasteiger partial charge in [0.15, 0.2) is 0 Å². The second-order valence-electron chi connectivity index (χ2n) is 5.46. The molecule has 3 heteroatoms. The average molecular weight is 351 g/mol. The lowest BCUT2D eigenvalue weighted by atomic mass is 9.73. The highest BCUT2D eigenvalue weighted by atomic mass is 79.9. The minimum atomic E-state index is -0.392. The van der Waals surface area contributed by atoms with Gasteiger partial charge in [-0.25, -0.2) is 4.39 Å². The van der Waals surface area contributed by atoms with Crippen molar-refractivity contribution >= 4 is 21.5 Å². The maximum absolute atomic E-state index is 13.7. The zero-order valence-corrected chi connectivity index (χ0v) is 14.0. The molecule has 1 aromatic carbocycles. The summed E-state index contributed by atoms with van der Waals surface area (Å²) in [5.41, 5.74) is 2.89. The second kappa shape index (κ2) is 7.08. The van der Waals surface area contributed by atoms with Crippen LogP contribution < -0.4 is 0 Å². The Morgan fingerprint density at radius 3 is 2.86 bits per heavy atom. The van der Waals surface area contributed by atoms with Crippen molar-refractivity contribution in [3.63, 3.8) is 0 Å². The highest BCUT2D eigenvalue weighted by Gasteiger charge is 2.30. The molecule has 0 spiro atoms. The van der Waals surface area contributed by atoms with Crippen LogP contribution in [0.2, 0.25) is 0 Å². The van der Waals surface area contributed by atoms with Crippen molar-refractivity contribution in [3.05, 3.63) is 65.7 Å². The lowest BCUT2D eigenvalue weighted by molar-refractivity contribution is 0.271. The Labute approximate surface area is 134 Å². The van der Waals surface area contributed by atoms with Crippen LogP contribution >= 0.6 is 15.9 Å². The lowest BCUT2D eigenvalue weighted by Crippen LogP contribution is -2.18. The minimum Gasteiger partial charge on any atom is -0.500 e. The molecule has 1 unspecified atom stereocenters. The van der Waals surface area contributed by atoms with Crippen LogP contribution in [-0.4, -0.2) is 11.9 Å². The van der Waals surface area contributed by atoms with Crippen LogP contribution in [0.15, 0.2) is 54.6 Å². The van der Waals surface area contributed by atoms with Crippen molar-refractivity contribution < 1.29 is 9.13 Å². The fourth-order valence-corrected chi connectivity index (χ4v) is 2.77. The Morgan fingerprint density at radius 1 is 1.43 bits per heavy atom. The van der Waals surface area contributed by atoms with Crippen molar-refractivity contribution in [1.29, 1.82) is 0 Å². The van der Waals surface area contributed by atoms with Gasteiger partial charge in [0.05, 0.1) is 12.9 Å². The summed E-state index contributed by atoms with van der Waals surface area (Å²) in [4.78, 5) is 0. The monoisotopic (exact) mass is 350 g/mol. The van der Waals surface area contributed by atoms with E-state index in [2.05, 4.69) is 35.0 Å². The minimum absolute atomic E-state index is 0.191. The average Bonchev–Trinajstić information content (AvgIpc) is 2.44. The van der Waals surface area contributed by atoms with Crippen molar-refractivity contribution in [3.8, 4) is 0 Å². The first-order valence-electron chi connectivity index (χ1n) is 7.06. The van der Waals surface area contributed by atoms with Crippen molar-refractivity contribution in [1.82, 2.24) is 0 Å². The van der Waals surface area contributed by atoms with Gasteiger partial charge in [-0.1, -0.05) is 53.2 Å². The predicted molar refractivity (Wildman–Crippen MR) is 90.0 cm³/mol. The van der Waals surface area contributed by atoms with E-state index in [1.54, 1.807) is 12.3 Å². The summed E-state index contributed by atoms with van der Waals surface area (Å²) in [6.45, 7) is 4.70. The first-order chi connectivity index (χ1) is 10.1. The second-order valence-corrected chi connectivity index (χ2v) is 6.25. The largest absolute Gasteiger partial charge is 0.500 e.